The average molecular weight is 370 g/mol. The zero-order valence-electron chi connectivity index (χ0n) is 15.5. The molecule has 1 N–H and O–H groups in total. The Labute approximate surface area is 149 Å². The highest BCUT2D eigenvalue weighted by Gasteiger charge is 2.23. The van der Waals surface area contributed by atoms with Crippen LogP contribution in [0.25, 0.3) is 0 Å². The molecule has 0 aliphatic carbocycles. The van der Waals surface area contributed by atoms with Crippen LogP contribution in [-0.4, -0.2) is 44.8 Å². The van der Waals surface area contributed by atoms with E-state index in [2.05, 4.69) is 5.32 Å². The number of rotatable bonds is 6. The largest absolute Gasteiger partial charge is 0.453 e. The van der Waals surface area contributed by atoms with E-state index in [0.29, 0.717) is 5.69 Å². The molecule has 25 heavy (non-hydrogen) atoms. The maximum atomic E-state index is 12.2. The number of hydrogen-bond acceptors (Lipinski definition) is 5. The number of sulfonamides is 1. The molecule has 0 spiro atoms. The first-order chi connectivity index (χ1) is 11.3. The van der Waals surface area contributed by atoms with Crippen LogP contribution in [0.2, 0.25) is 0 Å². The van der Waals surface area contributed by atoms with Crippen LogP contribution in [0.4, 0.5) is 5.69 Å². The van der Waals surface area contributed by atoms with Gasteiger partial charge in [-0.2, -0.15) is 0 Å². The minimum Gasteiger partial charge on any atom is -0.453 e. The number of carbonyl (C=O) groups excluding carboxylic acids is 2. The van der Waals surface area contributed by atoms with Crippen molar-refractivity contribution in [2.24, 2.45) is 5.41 Å². The van der Waals surface area contributed by atoms with E-state index in [0.717, 1.165) is 4.31 Å². The second kappa shape index (κ2) is 7.97. The molecule has 0 heterocycles. The van der Waals surface area contributed by atoms with E-state index in [1.165, 1.54) is 39.2 Å². The molecule has 0 aliphatic rings. The van der Waals surface area contributed by atoms with Gasteiger partial charge in [0.1, 0.15) is 0 Å². The zero-order valence-corrected chi connectivity index (χ0v) is 16.3. The first-order valence-electron chi connectivity index (χ1n) is 7.86. The van der Waals surface area contributed by atoms with Crippen LogP contribution in [0.15, 0.2) is 29.2 Å². The summed E-state index contributed by atoms with van der Waals surface area (Å²) >= 11 is 0. The lowest BCUT2D eigenvalue weighted by Gasteiger charge is -2.19. The summed E-state index contributed by atoms with van der Waals surface area (Å²) in [6.45, 7) is 7.16. The van der Waals surface area contributed by atoms with Crippen LogP contribution in [0.1, 0.15) is 34.1 Å². The van der Waals surface area contributed by atoms with E-state index in [1.807, 2.05) is 20.8 Å². The molecule has 0 aromatic heterocycles. The number of anilines is 1. The lowest BCUT2D eigenvalue weighted by atomic mass is 9.92. The number of ether oxygens (including phenoxy) is 1. The standard InChI is InChI=1S/C17H26N2O5S/c1-12(24-15(20)11-17(2,3)4)16(21)18-13-8-7-9-14(10-13)25(22,23)19(5)6/h7-10,12H,11H2,1-6H3,(H,18,21)/t12-/m1/s1. The Bertz CT molecular complexity index is 736. The SMILES string of the molecule is C[C@@H](OC(=O)CC(C)(C)C)C(=O)Nc1cccc(S(=O)(=O)N(C)C)c1. The minimum atomic E-state index is -3.60. The van der Waals surface area contributed by atoms with Crippen molar-refractivity contribution in [2.75, 3.05) is 19.4 Å². The van der Waals surface area contributed by atoms with E-state index < -0.39 is 28.0 Å². The Hall–Kier alpha value is -1.93. The molecular formula is C17H26N2O5S. The van der Waals surface area contributed by atoms with Crippen LogP contribution < -0.4 is 5.32 Å². The highest BCUT2D eigenvalue weighted by Crippen LogP contribution is 2.20. The Morgan fingerprint density at radius 1 is 1.24 bits per heavy atom. The van der Waals surface area contributed by atoms with Crippen molar-refractivity contribution < 1.29 is 22.7 Å². The first-order valence-corrected chi connectivity index (χ1v) is 9.30. The fraction of sp³-hybridized carbons (Fsp3) is 0.529. The van der Waals surface area contributed by atoms with Gasteiger partial charge in [0, 0.05) is 19.8 Å². The topological polar surface area (TPSA) is 92.8 Å². The van der Waals surface area contributed by atoms with Crippen molar-refractivity contribution in [3.63, 3.8) is 0 Å². The number of amides is 1. The molecule has 1 rings (SSSR count). The minimum absolute atomic E-state index is 0.0627. The molecule has 0 saturated heterocycles. The van der Waals surface area contributed by atoms with E-state index >= 15 is 0 Å². The van der Waals surface area contributed by atoms with Gasteiger partial charge in [-0.05, 0) is 30.5 Å². The highest BCUT2D eigenvalue weighted by atomic mass is 32.2. The second-order valence-electron chi connectivity index (χ2n) is 7.17. The van der Waals surface area contributed by atoms with Gasteiger partial charge in [0.05, 0.1) is 11.3 Å². The van der Waals surface area contributed by atoms with Crippen molar-refractivity contribution in [3.8, 4) is 0 Å². The van der Waals surface area contributed by atoms with Gasteiger partial charge in [-0.15, -0.1) is 0 Å². The molecule has 1 aromatic rings. The van der Waals surface area contributed by atoms with E-state index in [1.54, 1.807) is 6.07 Å². The van der Waals surface area contributed by atoms with Gasteiger partial charge in [-0.3, -0.25) is 9.59 Å². The van der Waals surface area contributed by atoms with Gasteiger partial charge >= 0.3 is 5.97 Å². The van der Waals surface area contributed by atoms with Crippen LogP contribution in [0.5, 0.6) is 0 Å². The predicted octanol–water partition coefficient (Wildman–Crippen LogP) is 2.24. The molecule has 0 saturated carbocycles. The summed E-state index contributed by atoms with van der Waals surface area (Å²) in [5.41, 5.74) is 0.0777. The molecule has 0 unspecified atom stereocenters. The summed E-state index contributed by atoms with van der Waals surface area (Å²) < 4.78 is 30.5. The summed E-state index contributed by atoms with van der Waals surface area (Å²) in [5.74, 6) is -0.985. The number of hydrogen-bond donors (Lipinski definition) is 1. The lowest BCUT2D eigenvalue weighted by Crippen LogP contribution is -2.31. The maximum absolute atomic E-state index is 12.2. The smallest absolute Gasteiger partial charge is 0.307 e. The van der Waals surface area contributed by atoms with Gasteiger partial charge in [0.25, 0.3) is 5.91 Å². The molecule has 1 aromatic carbocycles. The third kappa shape index (κ3) is 6.47. The molecule has 1 amide bonds. The summed E-state index contributed by atoms with van der Waals surface area (Å²) in [4.78, 5) is 24.0. The monoisotopic (exact) mass is 370 g/mol. The van der Waals surface area contributed by atoms with Crippen molar-refractivity contribution in [2.45, 2.75) is 45.1 Å². The predicted molar refractivity (Wildman–Crippen MR) is 95.6 cm³/mol. The molecular weight excluding hydrogens is 344 g/mol. The number of benzene rings is 1. The van der Waals surface area contributed by atoms with Gasteiger partial charge < -0.3 is 10.1 Å². The lowest BCUT2D eigenvalue weighted by molar-refractivity contribution is -0.154. The van der Waals surface area contributed by atoms with Crippen molar-refractivity contribution in [1.29, 1.82) is 0 Å². The molecule has 1 atom stereocenters. The molecule has 0 bridgehead atoms. The first kappa shape index (κ1) is 21.1. The molecule has 0 fully saturated rings. The Morgan fingerprint density at radius 3 is 2.36 bits per heavy atom. The van der Waals surface area contributed by atoms with Crippen LogP contribution >= 0.6 is 0 Å². The molecule has 7 nitrogen and oxygen atoms in total. The molecule has 8 heteroatoms. The number of nitrogens with zero attached hydrogens (tertiary/aromatic N) is 1. The third-order valence-electron chi connectivity index (χ3n) is 3.23. The molecule has 140 valence electrons. The third-order valence-corrected chi connectivity index (χ3v) is 5.04. The van der Waals surface area contributed by atoms with Gasteiger partial charge in [-0.25, -0.2) is 12.7 Å². The average Bonchev–Trinajstić information content (AvgIpc) is 2.45. The quantitative estimate of drug-likeness (QED) is 0.775. The summed E-state index contributed by atoms with van der Waals surface area (Å²) in [7, 11) is -0.742. The van der Waals surface area contributed by atoms with E-state index in [-0.39, 0.29) is 16.7 Å². The second-order valence-corrected chi connectivity index (χ2v) is 9.33. The number of esters is 1. The van der Waals surface area contributed by atoms with E-state index in [4.69, 9.17) is 4.74 Å². The van der Waals surface area contributed by atoms with Gasteiger partial charge in [0.15, 0.2) is 6.10 Å². The molecule has 0 radical (unpaired) electrons. The number of carbonyl (C=O) groups is 2. The van der Waals surface area contributed by atoms with Crippen molar-refractivity contribution >= 4 is 27.6 Å². The Balaban J connectivity index is 2.79. The van der Waals surface area contributed by atoms with Crippen LogP contribution in [-0.2, 0) is 24.3 Å². The fourth-order valence-corrected chi connectivity index (χ4v) is 2.86. The summed E-state index contributed by atoms with van der Waals surface area (Å²) in [6.07, 6.45) is -0.787. The zero-order chi connectivity index (χ0) is 19.4. The Morgan fingerprint density at radius 2 is 1.84 bits per heavy atom. The Kier molecular flexibility index (Phi) is 6.73. The van der Waals surface area contributed by atoms with Crippen molar-refractivity contribution in [3.05, 3.63) is 24.3 Å². The summed E-state index contributed by atoms with van der Waals surface area (Å²) in [6, 6.07) is 5.90. The summed E-state index contributed by atoms with van der Waals surface area (Å²) in [5, 5.41) is 2.56. The molecule has 0 aliphatic heterocycles. The van der Waals surface area contributed by atoms with Crippen LogP contribution in [0.3, 0.4) is 0 Å². The highest BCUT2D eigenvalue weighted by molar-refractivity contribution is 7.89. The fourth-order valence-electron chi connectivity index (χ4n) is 1.91. The van der Waals surface area contributed by atoms with E-state index in [9.17, 15) is 18.0 Å². The van der Waals surface area contributed by atoms with Gasteiger partial charge in [0.2, 0.25) is 10.0 Å². The van der Waals surface area contributed by atoms with Crippen molar-refractivity contribution in [1.82, 2.24) is 4.31 Å². The maximum Gasteiger partial charge on any atom is 0.307 e. The normalized spacial score (nSPS) is 13.4. The van der Waals surface area contributed by atoms with Gasteiger partial charge in [-0.1, -0.05) is 26.8 Å². The van der Waals surface area contributed by atoms with Crippen LogP contribution in [0, 0.1) is 5.41 Å². The number of nitrogens with one attached hydrogen (secondary N) is 1.